The van der Waals surface area contributed by atoms with Crippen LogP contribution < -0.4 is 0 Å². The first kappa shape index (κ1) is 21.7. The zero-order chi connectivity index (χ0) is 20.5. The van der Waals surface area contributed by atoms with Gasteiger partial charge in [0, 0.05) is 25.7 Å². The highest BCUT2D eigenvalue weighted by Crippen LogP contribution is 2.17. The number of nitrogens with zero attached hydrogens (tertiary/aromatic N) is 2. The molecular formula is C16H22N2O10. The van der Waals surface area contributed by atoms with Crippen LogP contribution in [0.25, 0.3) is 0 Å². The van der Waals surface area contributed by atoms with Gasteiger partial charge in [0.2, 0.25) is 0 Å². The van der Waals surface area contributed by atoms with E-state index in [-0.39, 0.29) is 65.0 Å². The normalized spacial score (nSPS) is 19.5. The average molecular weight is 402 g/mol. The van der Waals surface area contributed by atoms with Gasteiger partial charge in [-0.05, 0) is 0 Å². The quantitative estimate of drug-likeness (QED) is 0.330. The topological polar surface area (TPSA) is 149 Å². The van der Waals surface area contributed by atoms with Crippen molar-refractivity contribution >= 4 is 29.7 Å². The predicted molar refractivity (Wildman–Crippen MR) is 86.2 cm³/mol. The van der Waals surface area contributed by atoms with E-state index in [9.17, 15) is 29.1 Å². The first-order valence-corrected chi connectivity index (χ1v) is 8.81. The van der Waals surface area contributed by atoms with Crippen molar-refractivity contribution in [1.82, 2.24) is 10.1 Å². The molecule has 3 amide bonds. The van der Waals surface area contributed by atoms with E-state index in [2.05, 4.69) is 4.84 Å². The minimum Gasteiger partial charge on any atom is -0.378 e. The molecule has 0 aromatic carbocycles. The van der Waals surface area contributed by atoms with Crippen molar-refractivity contribution in [1.29, 1.82) is 0 Å². The average Bonchev–Trinajstić information content (AvgIpc) is 3.14. The molecule has 0 bridgehead atoms. The smallest absolute Gasteiger partial charge is 0.335 e. The largest absolute Gasteiger partial charge is 0.378 e. The van der Waals surface area contributed by atoms with Gasteiger partial charge in [0.25, 0.3) is 17.7 Å². The molecule has 2 fully saturated rings. The van der Waals surface area contributed by atoms with E-state index in [1.54, 1.807) is 0 Å². The number of ether oxygens (including phenoxy) is 2. The Balaban J connectivity index is 1.44. The highest BCUT2D eigenvalue weighted by molar-refractivity contribution is 6.01. The summed E-state index contributed by atoms with van der Waals surface area (Å²) in [6.07, 6.45) is -0.959. The van der Waals surface area contributed by atoms with Crippen LogP contribution in [0, 0.1) is 0 Å². The van der Waals surface area contributed by atoms with Crippen LogP contribution in [0.2, 0.25) is 0 Å². The fourth-order valence-electron chi connectivity index (χ4n) is 2.35. The molecule has 0 radical (unpaired) electrons. The fourth-order valence-corrected chi connectivity index (χ4v) is 2.35. The van der Waals surface area contributed by atoms with Crippen molar-refractivity contribution in [3.63, 3.8) is 0 Å². The molecule has 1 N–H and O–H groups in total. The van der Waals surface area contributed by atoms with Gasteiger partial charge in [0.05, 0.1) is 39.3 Å². The molecule has 28 heavy (non-hydrogen) atoms. The summed E-state index contributed by atoms with van der Waals surface area (Å²) in [7, 11) is 0. The van der Waals surface area contributed by atoms with Crippen molar-refractivity contribution in [2.24, 2.45) is 0 Å². The lowest BCUT2D eigenvalue weighted by atomic mass is 10.4. The third kappa shape index (κ3) is 6.55. The number of rotatable bonds is 11. The highest BCUT2D eigenvalue weighted by atomic mass is 16.7. The second kappa shape index (κ2) is 10.7. The van der Waals surface area contributed by atoms with Crippen molar-refractivity contribution in [3.05, 3.63) is 0 Å². The minimum absolute atomic E-state index is 0.00934. The first-order valence-electron chi connectivity index (χ1n) is 8.81. The second-order valence-corrected chi connectivity index (χ2v) is 5.97. The maximum atomic E-state index is 11.5. The number of aliphatic hydroxyl groups is 1. The lowest BCUT2D eigenvalue weighted by Crippen LogP contribution is -2.35. The van der Waals surface area contributed by atoms with Crippen LogP contribution in [0.5, 0.6) is 0 Å². The zero-order valence-electron chi connectivity index (χ0n) is 15.2. The number of amides is 3. The summed E-state index contributed by atoms with van der Waals surface area (Å²) < 4.78 is 10.3. The van der Waals surface area contributed by atoms with Gasteiger partial charge in [-0.25, -0.2) is 9.59 Å². The number of hydrogen-bond donors (Lipinski definition) is 1. The van der Waals surface area contributed by atoms with Crippen molar-refractivity contribution in [3.8, 4) is 0 Å². The molecule has 2 aliphatic heterocycles. The molecule has 12 heteroatoms. The SMILES string of the molecule is O=C(CCOCCOCCC(=O)ON1C(=O)CCC1O)ON1C(=O)CCC1=O. The number of hydrogen-bond acceptors (Lipinski definition) is 10. The Hall–Kier alpha value is -2.57. The summed E-state index contributed by atoms with van der Waals surface area (Å²) in [5.41, 5.74) is 0. The van der Waals surface area contributed by atoms with Gasteiger partial charge < -0.3 is 24.3 Å². The molecule has 0 saturated carbocycles. The van der Waals surface area contributed by atoms with E-state index in [0.29, 0.717) is 10.1 Å². The molecule has 2 saturated heterocycles. The monoisotopic (exact) mass is 402 g/mol. The van der Waals surface area contributed by atoms with E-state index in [0.717, 1.165) is 0 Å². The number of hydroxylamine groups is 4. The van der Waals surface area contributed by atoms with E-state index in [1.807, 2.05) is 0 Å². The van der Waals surface area contributed by atoms with Gasteiger partial charge in [-0.3, -0.25) is 14.4 Å². The predicted octanol–water partition coefficient (Wildman–Crippen LogP) is -1.19. The lowest BCUT2D eigenvalue weighted by molar-refractivity contribution is -0.221. The highest BCUT2D eigenvalue weighted by Gasteiger charge is 2.33. The molecule has 0 spiro atoms. The molecule has 0 aromatic rings. The molecule has 0 aromatic heterocycles. The summed E-state index contributed by atoms with van der Waals surface area (Å²) in [5.74, 6) is -3.01. The Morgan fingerprint density at radius 1 is 0.821 bits per heavy atom. The third-order valence-corrected chi connectivity index (χ3v) is 3.81. The van der Waals surface area contributed by atoms with E-state index in [1.165, 1.54) is 0 Å². The zero-order valence-corrected chi connectivity index (χ0v) is 15.2. The number of aliphatic hydroxyl groups excluding tert-OH is 1. The van der Waals surface area contributed by atoms with Gasteiger partial charge in [-0.15, -0.1) is 10.1 Å². The van der Waals surface area contributed by atoms with Crippen LogP contribution in [0.1, 0.15) is 38.5 Å². The van der Waals surface area contributed by atoms with E-state index in [4.69, 9.17) is 14.3 Å². The van der Waals surface area contributed by atoms with Crippen LogP contribution in [-0.2, 0) is 43.1 Å². The summed E-state index contributed by atoms with van der Waals surface area (Å²) in [5, 5.41) is 10.6. The Bertz CT molecular complexity index is 607. The molecule has 12 nitrogen and oxygen atoms in total. The van der Waals surface area contributed by atoms with E-state index >= 15 is 0 Å². The molecular weight excluding hydrogens is 380 g/mol. The molecule has 156 valence electrons. The van der Waals surface area contributed by atoms with Crippen molar-refractivity contribution in [2.45, 2.75) is 44.8 Å². The van der Waals surface area contributed by atoms with Gasteiger partial charge in [0.15, 0.2) is 6.23 Å². The molecule has 1 unspecified atom stereocenters. The van der Waals surface area contributed by atoms with Gasteiger partial charge >= 0.3 is 11.9 Å². The Labute approximate surface area is 160 Å². The summed E-state index contributed by atoms with van der Waals surface area (Å²) in [4.78, 5) is 66.4. The molecule has 2 aliphatic rings. The number of carbonyl (C=O) groups is 5. The van der Waals surface area contributed by atoms with Crippen LogP contribution in [0.4, 0.5) is 0 Å². The molecule has 2 heterocycles. The Kier molecular flexibility index (Phi) is 8.29. The number of imide groups is 1. The van der Waals surface area contributed by atoms with Crippen LogP contribution in [-0.4, -0.2) is 77.5 Å². The molecule has 0 aliphatic carbocycles. The second-order valence-electron chi connectivity index (χ2n) is 5.97. The summed E-state index contributed by atoms with van der Waals surface area (Å²) in [6, 6.07) is 0. The standard InChI is InChI=1S/C16H22N2O10/c19-11-1-2-12(20)17(11)27-15(23)5-7-25-9-10-26-8-6-16(24)28-18-13(21)3-4-14(18)22/h11,19H,1-10H2. The Morgan fingerprint density at radius 2 is 1.36 bits per heavy atom. The van der Waals surface area contributed by atoms with Crippen LogP contribution in [0.3, 0.4) is 0 Å². The van der Waals surface area contributed by atoms with Gasteiger partial charge in [0.1, 0.15) is 0 Å². The van der Waals surface area contributed by atoms with E-state index < -0.39 is 35.9 Å². The first-order chi connectivity index (χ1) is 13.4. The molecule has 2 rings (SSSR count). The van der Waals surface area contributed by atoms with Crippen LogP contribution >= 0.6 is 0 Å². The van der Waals surface area contributed by atoms with Gasteiger partial charge in [-0.2, -0.15) is 0 Å². The van der Waals surface area contributed by atoms with Gasteiger partial charge in [-0.1, -0.05) is 0 Å². The maximum absolute atomic E-state index is 11.5. The number of carbonyl (C=O) groups excluding carboxylic acids is 5. The molecule has 1 atom stereocenters. The van der Waals surface area contributed by atoms with Crippen molar-refractivity contribution in [2.75, 3.05) is 26.4 Å². The lowest BCUT2D eigenvalue weighted by Gasteiger charge is -2.18. The fraction of sp³-hybridized carbons (Fsp3) is 0.688. The minimum atomic E-state index is -1.11. The maximum Gasteiger partial charge on any atom is 0.335 e. The third-order valence-electron chi connectivity index (χ3n) is 3.81. The summed E-state index contributed by atoms with van der Waals surface area (Å²) in [6.45, 7) is 0.334. The Morgan fingerprint density at radius 3 is 1.86 bits per heavy atom. The van der Waals surface area contributed by atoms with Crippen LogP contribution in [0.15, 0.2) is 0 Å². The summed E-state index contributed by atoms with van der Waals surface area (Å²) >= 11 is 0. The van der Waals surface area contributed by atoms with Crippen molar-refractivity contribution < 1.29 is 48.2 Å².